The molecule has 3 aliphatic rings. The van der Waals surface area contributed by atoms with Crippen molar-refractivity contribution in [1.29, 1.82) is 0 Å². The van der Waals surface area contributed by atoms with Crippen molar-refractivity contribution < 1.29 is 8.42 Å². The lowest BCUT2D eigenvalue weighted by molar-refractivity contribution is 0.402. The highest BCUT2D eigenvalue weighted by Gasteiger charge is 2.41. The molecule has 3 rings (SSSR count). The monoisotopic (exact) mass is 230 g/mol. The van der Waals surface area contributed by atoms with E-state index in [1.54, 1.807) is 0 Å². The maximum Gasteiger partial charge on any atom is 0.214 e. The van der Waals surface area contributed by atoms with Gasteiger partial charge in [0.15, 0.2) is 0 Å². The predicted molar refractivity (Wildman–Crippen MR) is 58.0 cm³/mol. The lowest BCUT2D eigenvalue weighted by atomic mass is 9.89. The minimum Gasteiger partial charge on any atom is -0.311 e. The van der Waals surface area contributed by atoms with E-state index < -0.39 is 10.0 Å². The van der Waals surface area contributed by atoms with Crippen molar-refractivity contribution in [2.75, 3.05) is 6.54 Å². The van der Waals surface area contributed by atoms with Crippen LogP contribution < -0.4 is 10.0 Å². The Morgan fingerprint density at radius 3 is 2.53 bits per heavy atom. The molecule has 0 amide bonds. The first-order valence-corrected chi connectivity index (χ1v) is 7.44. The molecule has 1 saturated carbocycles. The van der Waals surface area contributed by atoms with E-state index in [0.717, 1.165) is 19.3 Å². The van der Waals surface area contributed by atoms with Crippen molar-refractivity contribution in [3.63, 3.8) is 0 Å². The van der Waals surface area contributed by atoms with Crippen LogP contribution in [0.2, 0.25) is 0 Å². The van der Waals surface area contributed by atoms with E-state index in [1.165, 1.54) is 12.8 Å². The molecular formula is C10H18N2O2S. The molecule has 0 aromatic carbocycles. The van der Waals surface area contributed by atoms with Crippen molar-refractivity contribution in [3.8, 4) is 0 Å². The van der Waals surface area contributed by atoms with Gasteiger partial charge in [-0.2, -0.15) is 0 Å². The Kier molecular flexibility index (Phi) is 2.30. The third kappa shape index (κ3) is 1.92. The molecule has 1 aliphatic carbocycles. The smallest absolute Gasteiger partial charge is 0.214 e. The second-order valence-electron chi connectivity index (χ2n) is 5.14. The quantitative estimate of drug-likeness (QED) is 0.726. The number of rotatable bonds is 4. The number of hydrogen-bond donors (Lipinski definition) is 2. The van der Waals surface area contributed by atoms with Crippen molar-refractivity contribution >= 4 is 10.0 Å². The van der Waals surface area contributed by atoms with Gasteiger partial charge in [0.25, 0.3) is 0 Å². The maximum absolute atomic E-state index is 11.6. The van der Waals surface area contributed by atoms with Crippen LogP contribution in [0.3, 0.4) is 0 Å². The largest absolute Gasteiger partial charge is 0.311 e. The molecule has 2 heterocycles. The van der Waals surface area contributed by atoms with Gasteiger partial charge in [-0.1, -0.05) is 0 Å². The molecule has 2 N–H and O–H groups in total. The summed E-state index contributed by atoms with van der Waals surface area (Å²) in [5, 5.41) is 3.44. The molecule has 0 radical (unpaired) electrons. The van der Waals surface area contributed by atoms with Gasteiger partial charge >= 0.3 is 0 Å². The van der Waals surface area contributed by atoms with Gasteiger partial charge in [-0.25, -0.2) is 13.1 Å². The first-order valence-electron chi connectivity index (χ1n) is 5.90. The van der Waals surface area contributed by atoms with Crippen LogP contribution in [0.1, 0.15) is 32.1 Å². The van der Waals surface area contributed by atoms with Crippen molar-refractivity contribution in [1.82, 2.24) is 10.0 Å². The van der Waals surface area contributed by atoms with E-state index in [1.807, 2.05) is 0 Å². The molecule has 2 saturated heterocycles. The third-order valence-corrected chi connectivity index (χ3v) is 5.86. The summed E-state index contributed by atoms with van der Waals surface area (Å²) < 4.78 is 26.0. The Hall–Kier alpha value is -0.130. The normalized spacial score (nSPS) is 39.9. The summed E-state index contributed by atoms with van der Waals surface area (Å²) in [5.41, 5.74) is 0. The minimum absolute atomic E-state index is 0.0796. The van der Waals surface area contributed by atoms with Gasteiger partial charge in [0.05, 0.1) is 5.25 Å². The second-order valence-corrected chi connectivity index (χ2v) is 7.18. The summed E-state index contributed by atoms with van der Waals surface area (Å²) in [6.07, 6.45) is 5.35. The van der Waals surface area contributed by atoms with E-state index >= 15 is 0 Å². The van der Waals surface area contributed by atoms with Crippen LogP contribution in [0.4, 0.5) is 0 Å². The van der Waals surface area contributed by atoms with Crippen LogP contribution in [0.15, 0.2) is 0 Å². The van der Waals surface area contributed by atoms with Gasteiger partial charge < -0.3 is 5.32 Å². The van der Waals surface area contributed by atoms with Gasteiger partial charge in [0.1, 0.15) is 0 Å². The van der Waals surface area contributed by atoms with Gasteiger partial charge in [-0.3, -0.25) is 0 Å². The van der Waals surface area contributed by atoms with E-state index in [2.05, 4.69) is 10.0 Å². The molecule has 0 aromatic rings. The first-order chi connectivity index (χ1) is 7.15. The summed E-state index contributed by atoms with van der Waals surface area (Å²) >= 11 is 0. The molecule has 86 valence electrons. The fourth-order valence-electron chi connectivity index (χ4n) is 2.88. The Labute approximate surface area is 90.9 Å². The van der Waals surface area contributed by atoms with Gasteiger partial charge in [0.2, 0.25) is 10.0 Å². The van der Waals surface area contributed by atoms with E-state index in [9.17, 15) is 8.42 Å². The molecule has 3 fully saturated rings. The van der Waals surface area contributed by atoms with Crippen molar-refractivity contribution in [3.05, 3.63) is 0 Å². The lowest BCUT2D eigenvalue weighted by Gasteiger charge is -2.20. The van der Waals surface area contributed by atoms with Crippen LogP contribution >= 0.6 is 0 Å². The highest BCUT2D eigenvalue weighted by molar-refractivity contribution is 7.90. The molecule has 2 bridgehead atoms. The zero-order chi connectivity index (χ0) is 10.5. The molecule has 3 atom stereocenters. The van der Waals surface area contributed by atoms with E-state index in [0.29, 0.717) is 24.5 Å². The van der Waals surface area contributed by atoms with Crippen molar-refractivity contribution in [2.45, 2.75) is 49.4 Å². The Bertz CT molecular complexity index is 350. The highest BCUT2D eigenvalue weighted by Crippen LogP contribution is 2.33. The number of fused-ring (bicyclic) bond motifs is 2. The van der Waals surface area contributed by atoms with E-state index in [4.69, 9.17) is 0 Å². The molecule has 15 heavy (non-hydrogen) atoms. The predicted octanol–water partition coefficient (Wildman–Crippen LogP) is 0.209. The summed E-state index contributed by atoms with van der Waals surface area (Å²) in [7, 11) is -2.97. The number of sulfonamides is 1. The Balaban J connectivity index is 1.54. The SMILES string of the molecule is O=S(=O)(NCC1CC2CCC1N2)C1CC1. The third-order valence-electron chi connectivity index (χ3n) is 3.94. The van der Waals surface area contributed by atoms with Crippen molar-refractivity contribution in [2.24, 2.45) is 5.92 Å². The molecule has 5 heteroatoms. The Morgan fingerprint density at radius 2 is 2.00 bits per heavy atom. The topological polar surface area (TPSA) is 58.2 Å². The summed E-state index contributed by atoms with van der Waals surface area (Å²) in [6, 6.07) is 1.22. The Morgan fingerprint density at radius 1 is 1.20 bits per heavy atom. The molecule has 0 spiro atoms. The van der Waals surface area contributed by atoms with Crippen LogP contribution in [-0.4, -0.2) is 32.3 Å². The molecular weight excluding hydrogens is 212 g/mol. The summed E-state index contributed by atoms with van der Waals surface area (Å²) in [5.74, 6) is 0.525. The summed E-state index contributed by atoms with van der Waals surface area (Å²) in [4.78, 5) is 0. The first kappa shape index (κ1) is 10.1. The lowest BCUT2D eigenvalue weighted by Crippen LogP contribution is -2.36. The average molecular weight is 230 g/mol. The molecule has 0 aromatic heterocycles. The van der Waals surface area contributed by atoms with Gasteiger partial charge in [-0.15, -0.1) is 0 Å². The van der Waals surface area contributed by atoms with Crippen LogP contribution in [0.5, 0.6) is 0 Å². The fourth-order valence-corrected chi connectivity index (χ4v) is 4.32. The van der Waals surface area contributed by atoms with Crippen LogP contribution in [0.25, 0.3) is 0 Å². The standard InChI is InChI=1S/C10H18N2O2S/c13-15(14,9-2-3-9)11-6-7-5-8-1-4-10(7)12-8/h7-12H,1-6H2. The number of hydrogen-bond acceptors (Lipinski definition) is 3. The zero-order valence-corrected chi connectivity index (χ0v) is 9.59. The zero-order valence-electron chi connectivity index (χ0n) is 8.78. The molecule has 4 nitrogen and oxygen atoms in total. The van der Waals surface area contributed by atoms with Crippen LogP contribution in [0, 0.1) is 5.92 Å². The molecule has 3 unspecified atom stereocenters. The van der Waals surface area contributed by atoms with Gasteiger partial charge in [-0.05, 0) is 38.0 Å². The fraction of sp³-hybridized carbons (Fsp3) is 1.00. The van der Waals surface area contributed by atoms with Crippen LogP contribution in [-0.2, 0) is 10.0 Å². The highest BCUT2D eigenvalue weighted by atomic mass is 32.2. The average Bonchev–Trinajstić information content (AvgIpc) is 2.88. The maximum atomic E-state index is 11.6. The van der Waals surface area contributed by atoms with E-state index in [-0.39, 0.29) is 5.25 Å². The summed E-state index contributed by atoms with van der Waals surface area (Å²) in [6.45, 7) is 0.646. The van der Waals surface area contributed by atoms with Gasteiger partial charge in [0, 0.05) is 18.6 Å². The number of nitrogens with one attached hydrogen (secondary N) is 2. The minimum atomic E-state index is -2.97. The molecule has 2 aliphatic heterocycles. The second kappa shape index (κ2) is 3.43.